The lowest BCUT2D eigenvalue weighted by molar-refractivity contribution is 0.557. The van der Waals surface area contributed by atoms with E-state index in [9.17, 15) is 4.79 Å². The van der Waals surface area contributed by atoms with Gasteiger partial charge in [0.25, 0.3) is 0 Å². The highest BCUT2D eigenvalue weighted by Gasteiger charge is 2.05. The van der Waals surface area contributed by atoms with Crippen LogP contribution in [0, 0.1) is 0 Å². The van der Waals surface area contributed by atoms with E-state index in [0.29, 0.717) is 11.3 Å². The summed E-state index contributed by atoms with van der Waals surface area (Å²) in [6.45, 7) is 2.19. The number of hydrogen-bond donors (Lipinski definition) is 1. The molecule has 0 bridgehead atoms. The van der Waals surface area contributed by atoms with Gasteiger partial charge >= 0.3 is 5.63 Å². The minimum Gasteiger partial charge on any atom is -0.423 e. The lowest BCUT2D eigenvalue weighted by Gasteiger charge is -2.05. The molecule has 3 nitrogen and oxygen atoms in total. The Bertz CT molecular complexity index is 587. The first kappa shape index (κ1) is 12.7. The van der Waals surface area contributed by atoms with E-state index in [-0.39, 0.29) is 5.63 Å². The fraction of sp³-hybridized carbons (Fsp3) is 0.400. The van der Waals surface area contributed by atoms with E-state index in [2.05, 4.69) is 6.92 Å². The highest BCUT2D eigenvalue weighted by atomic mass is 16.4. The summed E-state index contributed by atoms with van der Waals surface area (Å²) in [7, 11) is 0. The van der Waals surface area contributed by atoms with Gasteiger partial charge in [-0.05, 0) is 30.5 Å². The summed E-state index contributed by atoms with van der Waals surface area (Å²) in [5.41, 5.74) is 7.69. The predicted octanol–water partition coefficient (Wildman–Crippen LogP) is 3.50. The van der Waals surface area contributed by atoms with E-state index >= 15 is 0 Å². The number of nitrogens with two attached hydrogens (primary N) is 1. The van der Waals surface area contributed by atoms with Crippen LogP contribution < -0.4 is 11.4 Å². The Hall–Kier alpha value is -1.77. The zero-order chi connectivity index (χ0) is 13.0. The Morgan fingerprint density at radius 3 is 2.78 bits per heavy atom. The van der Waals surface area contributed by atoms with Crippen LogP contribution in [-0.4, -0.2) is 0 Å². The molecule has 1 aromatic carbocycles. The molecular weight excluding hydrogens is 226 g/mol. The van der Waals surface area contributed by atoms with Gasteiger partial charge in [0.1, 0.15) is 5.58 Å². The van der Waals surface area contributed by atoms with E-state index in [1.807, 2.05) is 12.1 Å². The number of hydrogen-bond acceptors (Lipinski definition) is 3. The van der Waals surface area contributed by atoms with Gasteiger partial charge in [-0.15, -0.1) is 0 Å². The van der Waals surface area contributed by atoms with Crippen LogP contribution in [0.5, 0.6) is 0 Å². The van der Waals surface area contributed by atoms with E-state index in [1.165, 1.54) is 19.3 Å². The second-order valence-electron chi connectivity index (χ2n) is 4.66. The van der Waals surface area contributed by atoms with Gasteiger partial charge in [-0.25, -0.2) is 4.79 Å². The predicted molar refractivity (Wildman–Crippen MR) is 74.7 cm³/mol. The molecule has 0 unspecified atom stereocenters. The zero-order valence-electron chi connectivity index (χ0n) is 10.7. The number of fused-ring (bicyclic) bond motifs is 1. The molecule has 0 amide bonds. The van der Waals surface area contributed by atoms with E-state index in [0.717, 1.165) is 23.8 Å². The second-order valence-corrected chi connectivity index (χ2v) is 4.66. The van der Waals surface area contributed by atoms with Crippen LogP contribution in [0.4, 0.5) is 5.69 Å². The number of rotatable bonds is 5. The number of unbranched alkanes of at least 4 members (excludes halogenated alkanes) is 3. The van der Waals surface area contributed by atoms with Gasteiger partial charge in [0.05, 0.1) is 0 Å². The summed E-state index contributed by atoms with van der Waals surface area (Å²) in [5.74, 6) is 0. The van der Waals surface area contributed by atoms with Crippen LogP contribution in [0.3, 0.4) is 0 Å². The van der Waals surface area contributed by atoms with Crippen LogP contribution >= 0.6 is 0 Å². The third-order valence-corrected chi connectivity index (χ3v) is 3.15. The number of anilines is 1. The normalized spacial score (nSPS) is 10.9. The summed E-state index contributed by atoms with van der Waals surface area (Å²) in [6.07, 6.45) is 5.69. The quantitative estimate of drug-likeness (QED) is 0.498. The molecule has 2 N–H and O–H groups in total. The lowest BCUT2D eigenvalue weighted by atomic mass is 10.0. The first-order valence-electron chi connectivity index (χ1n) is 6.53. The molecule has 0 spiro atoms. The molecule has 3 heteroatoms. The van der Waals surface area contributed by atoms with Crippen LogP contribution in [0.25, 0.3) is 11.0 Å². The average Bonchev–Trinajstić information content (AvgIpc) is 2.33. The lowest BCUT2D eigenvalue weighted by Crippen LogP contribution is -2.01. The molecule has 0 saturated carbocycles. The average molecular weight is 245 g/mol. The van der Waals surface area contributed by atoms with Gasteiger partial charge in [-0.2, -0.15) is 0 Å². The molecule has 1 aromatic heterocycles. The molecule has 0 fully saturated rings. The van der Waals surface area contributed by atoms with Crippen LogP contribution in [0.15, 0.2) is 33.5 Å². The summed E-state index contributed by atoms with van der Waals surface area (Å²) in [4.78, 5) is 11.5. The minimum absolute atomic E-state index is 0.293. The summed E-state index contributed by atoms with van der Waals surface area (Å²) >= 11 is 0. The maximum absolute atomic E-state index is 11.5. The Morgan fingerprint density at radius 1 is 1.17 bits per heavy atom. The molecule has 0 radical (unpaired) electrons. The first-order chi connectivity index (χ1) is 8.70. The Balaban J connectivity index is 2.28. The van der Waals surface area contributed by atoms with Crippen molar-refractivity contribution in [3.8, 4) is 0 Å². The van der Waals surface area contributed by atoms with Crippen molar-refractivity contribution in [2.45, 2.75) is 39.0 Å². The van der Waals surface area contributed by atoms with Gasteiger partial charge in [-0.1, -0.05) is 26.2 Å². The van der Waals surface area contributed by atoms with Gasteiger partial charge < -0.3 is 10.2 Å². The molecule has 0 saturated heterocycles. The van der Waals surface area contributed by atoms with Gasteiger partial charge in [0, 0.05) is 23.2 Å². The van der Waals surface area contributed by atoms with Gasteiger partial charge in [-0.3, -0.25) is 0 Å². The van der Waals surface area contributed by atoms with Crippen molar-refractivity contribution < 1.29 is 4.42 Å². The number of nitrogen functional groups attached to an aromatic ring is 1. The fourth-order valence-electron chi connectivity index (χ4n) is 2.20. The molecule has 1 heterocycles. The van der Waals surface area contributed by atoms with Crippen LogP contribution in [0.1, 0.15) is 38.2 Å². The molecular formula is C15H19NO2. The smallest absolute Gasteiger partial charge is 0.336 e. The minimum atomic E-state index is -0.293. The maximum atomic E-state index is 11.5. The third-order valence-electron chi connectivity index (χ3n) is 3.15. The largest absolute Gasteiger partial charge is 0.423 e. The molecule has 2 aromatic rings. The van der Waals surface area contributed by atoms with E-state index in [1.54, 1.807) is 12.1 Å². The summed E-state index contributed by atoms with van der Waals surface area (Å²) in [5, 5.41) is 1.00. The second kappa shape index (κ2) is 5.71. The van der Waals surface area contributed by atoms with Crippen molar-refractivity contribution in [2.24, 2.45) is 0 Å². The molecule has 0 aliphatic carbocycles. The fourth-order valence-corrected chi connectivity index (χ4v) is 2.20. The number of aryl methyl sites for hydroxylation is 1. The van der Waals surface area contributed by atoms with Crippen molar-refractivity contribution in [1.82, 2.24) is 0 Å². The van der Waals surface area contributed by atoms with Crippen molar-refractivity contribution in [3.63, 3.8) is 0 Å². The van der Waals surface area contributed by atoms with E-state index < -0.39 is 0 Å². The Morgan fingerprint density at radius 2 is 2.00 bits per heavy atom. The molecule has 96 valence electrons. The maximum Gasteiger partial charge on any atom is 0.336 e. The van der Waals surface area contributed by atoms with Crippen LogP contribution in [0.2, 0.25) is 0 Å². The molecule has 18 heavy (non-hydrogen) atoms. The standard InChI is InChI=1S/C15H19NO2/c1-2-3-4-5-6-11-9-15(17)18-14-10-12(16)7-8-13(11)14/h7-10H,2-6,16H2,1H3. The van der Waals surface area contributed by atoms with Crippen molar-refractivity contribution in [1.29, 1.82) is 0 Å². The van der Waals surface area contributed by atoms with Crippen molar-refractivity contribution in [2.75, 3.05) is 5.73 Å². The van der Waals surface area contributed by atoms with Gasteiger partial charge in [0.2, 0.25) is 0 Å². The summed E-state index contributed by atoms with van der Waals surface area (Å²) in [6, 6.07) is 7.09. The third kappa shape index (κ3) is 2.92. The summed E-state index contributed by atoms with van der Waals surface area (Å²) < 4.78 is 5.18. The first-order valence-corrected chi connectivity index (χ1v) is 6.53. The topological polar surface area (TPSA) is 56.2 Å². The highest BCUT2D eigenvalue weighted by molar-refractivity contribution is 5.82. The monoisotopic (exact) mass is 245 g/mol. The van der Waals surface area contributed by atoms with Crippen LogP contribution in [-0.2, 0) is 6.42 Å². The van der Waals surface area contributed by atoms with Crippen molar-refractivity contribution in [3.05, 3.63) is 40.2 Å². The molecule has 2 rings (SSSR count). The Labute approximate surface area is 107 Å². The van der Waals surface area contributed by atoms with E-state index in [4.69, 9.17) is 10.2 Å². The zero-order valence-corrected chi connectivity index (χ0v) is 10.7. The molecule has 0 atom stereocenters. The molecule has 0 aliphatic heterocycles. The van der Waals surface area contributed by atoms with Crippen molar-refractivity contribution >= 4 is 16.7 Å². The molecule has 0 aliphatic rings. The SMILES string of the molecule is CCCCCCc1cc(=O)oc2cc(N)ccc12. The Kier molecular flexibility index (Phi) is 4.03. The number of benzene rings is 1. The van der Waals surface area contributed by atoms with Gasteiger partial charge in [0.15, 0.2) is 0 Å². The highest BCUT2D eigenvalue weighted by Crippen LogP contribution is 2.21.